The molecule has 0 amide bonds. The molecule has 0 unspecified atom stereocenters. The quantitative estimate of drug-likeness (QED) is 0.234. The summed E-state index contributed by atoms with van der Waals surface area (Å²) >= 11 is 1.55. The molecule has 0 spiro atoms. The Kier molecular flexibility index (Phi) is 5.50. The van der Waals surface area contributed by atoms with Crippen LogP contribution in [0.15, 0.2) is 82.1 Å². The topological polar surface area (TPSA) is 62.1 Å². The molecule has 0 saturated heterocycles. The third-order valence-corrected chi connectivity index (χ3v) is 5.55. The Labute approximate surface area is 175 Å². The number of nitriles is 1. The van der Waals surface area contributed by atoms with Gasteiger partial charge in [-0.2, -0.15) is 14.0 Å². The number of ketones is 1. The van der Waals surface area contributed by atoms with E-state index in [1.807, 2.05) is 36.4 Å². The monoisotopic (exact) mass is 420 g/mol. The van der Waals surface area contributed by atoms with Crippen LogP contribution < -0.4 is 10.1 Å². The zero-order valence-corrected chi connectivity index (χ0v) is 16.2. The van der Waals surface area contributed by atoms with E-state index in [9.17, 15) is 18.8 Å². The Hall–Kier alpha value is -3.63. The largest absolute Gasteiger partial charge is 0.435 e. The van der Waals surface area contributed by atoms with E-state index in [1.54, 1.807) is 23.9 Å². The summed E-state index contributed by atoms with van der Waals surface area (Å²) in [5.41, 5.74) is 2.41. The highest BCUT2D eigenvalue weighted by atomic mass is 32.2. The number of carbonyl (C=O) groups excluding carboxylic acids is 1. The molecule has 0 atom stereocenters. The van der Waals surface area contributed by atoms with Gasteiger partial charge in [-0.3, -0.25) is 4.79 Å². The number of halogens is 2. The van der Waals surface area contributed by atoms with E-state index in [0.717, 1.165) is 15.5 Å². The molecule has 1 aliphatic rings. The average molecular weight is 420 g/mol. The molecule has 4 nitrogen and oxygen atoms in total. The fourth-order valence-electron chi connectivity index (χ4n) is 3.05. The Morgan fingerprint density at radius 2 is 1.77 bits per heavy atom. The molecular formula is C23H14F2N2O2S. The Bertz CT molecular complexity index is 1180. The van der Waals surface area contributed by atoms with Crippen LogP contribution >= 0.6 is 11.8 Å². The van der Waals surface area contributed by atoms with Gasteiger partial charge >= 0.3 is 6.61 Å². The van der Waals surface area contributed by atoms with Gasteiger partial charge < -0.3 is 10.1 Å². The normalized spacial score (nSPS) is 12.4. The van der Waals surface area contributed by atoms with Crippen LogP contribution in [0, 0.1) is 11.3 Å². The molecule has 0 bridgehead atoms. The zero-order chi connectivity index (χ0) is 21.1. The molecule has 0 saturated carbocycles. The van der Waals surface area contributed by atoms with E-state index in [2.05, 4.69) is 10.1 Å². The molecule has 0 radical (unpaired) electrons. The molecule has 3 aromatic rings. The van der Waals surface area contributed by atoms with Crippen LogP contribution in [0.2, 0.25) is 0 Å². The summed E-state index contributed by atoms with van der Waals surface area (Å²) in [6.45, 7) is -2.91. The number of anilines is 2. The fraction of sp³-hybridized carbons (Fsp3) is 0.0435. The number of rotatable bonds is 5. The highest BCUT2D eigenvalue weighted by Gasteiger charge is 2.23. The number of Topliss-reactive ketones (excluding diaryl/α,β-unsaturated/α-hetero) is 1. The van der Waals surface area contributed by atoms with Crippen molar-refractivity contribution in [3.8, 4) is 11.8 Å². The lowest BCUT2D eigenvalue weighted by atomic mass is 10.00. The van der Waals surface area contributed by atoms with Gasteiger partial charge in [0.2, 0.25) is 5.78 Å². The number of hydrogen-bond acceptors (Lipinski definition) is 5. The molecule has 4 rings (SSSR count). The first-order valence-electron chi connectivity index (χ1n) is 8.93. The highest BCUT2D eigenvalue weighted by molar-refractivity contribution is 7.99. The molecule has 1 aliphatic heterocycles. The van der Waals surface area contributed by atoms with Crippen molar-refractivity contribution >= 4 is 35.0 Å². The molecule has 0 fully saturated rings. The summed E-state index contributed by atoms with van der Waals surface area (Å²) in [4.78, 5) is 15.1. The van der Waals surface area contributed by atoms with Crippen molar-refractivity contribution in [2.75, 3.05) is 5.32 Å². The number of benzene rings is 3. The minimum atomic E-state index is -2.91. The number of alkyl halides is 2. The number of carbonyl (C=O) groups is 1. The van der Waals surface area contributed by atoms with Crippen LogP contribution in [-0.4, -0.2) is 12.4 Å². The Balaban J connectivity index is 1.64. The van der Waals surface area contributed by atoms with Gasteiger partial charge in [0.25, 0.3) is 0 Å². The molecule has 30 heavy (non-hydrogen) atoms. The van der Waals surface area contributed by atoms with Crippen molar-refractivity contribution in [2.24, 2.45) is 0 Å². The summed E-state index contributed by atoms with van der Waals surface area (Å²) < 4.78 is 28.9. The van der Waals surface area contributed by atoms with Crippen molar-refractivity contribution in [3.05, 3.63) is 83.4 Å². The molecule has 1 heterocycles. The minimum absolute atomic E-state index is 0.00371. The van der Waals surface area contributed by atoms with Gasteiger partial charge in [0.1, 0.15) is 17.4 Å². The minimum Gasteiger partial charge on any atom is -0.435 e. The summed E-state index contributed by atoms with van der Waals surface area (Å²) in [6.07, 6.45) is 1.43. The second-order valence-electron chi connectivity index (χ2n) is 6.35. The smallest absolute Gasteiger partial charge is 0.387 e. The van der Waals surface area contributed by atoms with Gasteiger partial charge in [-0.15, -0.1) is 0 Å². The van der Waals surface area contributed by atoms with Crippen molar-refractivity contribution in [1.29, 1.82) is 5.26 Å². The van der Waals surface area contributed by atoms with Gasteiger partial charge in [0.15, 0.2) is 0 Å². The van der Waals surface area contributed by atoms with Crippen LogP contribution in [-0.2, 0) is 0 Å². The maximum absolute atomic E-state index is 13.1. The summed E-state index contributed by atoms with van der Waals surface area (Å²) in [5, 5.41) is 12.9. The summed E-state index contributed by atoms with van der Waals surface area (Å²) in [5.74, 6) is -0.418. The first kappa shape index (κ1) is 19.7. The molecular weight excluding hydrogens is 406 g/mol. The number of allylic oxidation sites excluding steroid dienone is 1. The predicted octanol–water partition coefficient (Wildman–Crippen LogP) is 6.29. The molecule has 7 heteroatoms. The maximum atomic E-state index is 13.1. The van der Waals surface area contributed by atoms with E-state index in [1.165, 1.54) is 30.3 Å². The van der Waals surface area contributed by atoms with E-state index >= 15 is 0 Å². The predicted molar refractivity (Wildman–Crippen MR) is 111 cm³/mol. The van der Waals surface area contributed by atoms with Crippen molar-refractivity contribution in [1.82, 2.24) is 0 Å². The molecule has 148 valence electrons. The van der Waals surface area contributed by atoms with Crippen molar-refractivity contribution in [3.63, 3.8) is 0 Å². The van der Waals surface area contributed by atoms with E-state index in [4.69, 9.17) is 0 Å². The number of para-hydroxylation sites is 2. The van der Waals surface area contributed by atoms with Crippen LogP contribution in [0.1, 0.15) is 15.9 Å². The van der Waals surface area contributed by atoms with Crippen molar-refractivity contribution in [2.45, 2.75) is 16.4 Å². The fourth-order valence-corrected chi connectivity index (χ4v) is 4.07. The van der Waals surface area contributed by atoms with Gasteiger partial charge in [-0.1, -0.05) is 42.1 Å². The number of hydrogen-bond donors (Lipinski definition) is 1. The SMILES string of the molecule is N#C/C(=C/c1ccc(OC(F)F)cc1)C(=O)c1cccc2c1Nc1ccccc1S2. The second kappa shape index (κ2) is 8.39. The Morgan fingerprint density at radius 1 is 1.03 bits per heavy atom. The molecule has 1 N–H and O–H groups in total. The number of nitrogens with zero attached hydrogens (tertiary/aromatic N) is 1. The first-order valence-corrected chi connectivity index (χ1v) is 9.75. The van der Waals surface area contributed by atoms with Gasteiger partial charge in [0, 0.05) is 15.4 Å². The van der Waals surface area contributed by atoms with Gasteiger partial charge in [-0.05, 0) is 48.0 Å². The standard InChI is InChI=1S/C23H14F2N2O2S/c24-23(25)29-16-10-8-14(9-11-16)12-15(13-26)22(28)17-4-3-7-20-21(17)27-18-5-1-2-6-19(18)30-20/h1-12,23,27H/b15-12-. The van der Waals surface area contributed by atoms with Crippen LogP contribution in [0.25, 0.3) is 6.08 Å². The van der Waals surface area contributed by atoms with Crippen molar-refractivity contribution < 1.29 is 18.3 Å². The summed E-state index contributed by atoms with van der Waals surface area (Å²) in [7, 11) is 0. The third-order valence-electron chi connectivity index (χ3n) is 4.42. The summed E-state index contributed by atoms with van der Waals surface area (Å²) in [6, 6.07) is 20.8. The number of nitrogens with one attached hydrogen (secondary N) is 1. The lowest BCUT2D eigenvalue weighted by molar-refractivity contribution is -0.0498. The van der Waals surface area contributed by atoms with E-state index < -0.39 is 12.4 Å². The second-order valence-corrected chi connectivity index (χ2v) is 7.43. The maximum Gasteiger partial charge on any atom is 0.387 e. The van der Waals surface area contributed by atoms with Crippen LogP contribution in [0.3, 0.4) is 0 Å². The molecule has 0 aromatic heterocycles. The van der Waals surface area contributed by atoms with Crippen LogP contribution in [0.5, 0.6) is 5.75 Å². The highest BCUT2D eigenvalue weighted by Crippen LogP contribution is 2.45. The van der Waals surface area contributed by atoms with E-state index in [0.29, 0.717) is 16.8 Å². The number of ether oxygens (including phenoxy) is 1. The van der Waals surface area contributed by atoms with Crippen LogP contribution in [0.4, 0.5) is 20.2 Å². The first-order chi connectivity index (χ1) is 14.5. The number of fused-ring (bicyclic) bond motifs is 2. The third kappa shape index (κ3) is 4.04. The van der Waals surface area contributed by atoms with Gasteiger partial charge in [0.05, 0.1) is 11.4 Å². The lowest BCUT2D eigenvalue weighted by Gasteiger charge is -2.22. The molecule has 0 aliphatic carbocycles. The average Bonchev–Trinajstić information content (AvgIpc) is 2.76. The zero-order valence-electron chi connectivity index (χ0n) is 15.4. The van der Waals surface area contributed by atoms with E-state index in [-0.39, 0.29) is 11.3 Å². The lowest BCUT2D eigenvalue weighted by Crippen LogP contribution is -2.09. The van der Waals surface area contributed by atoms with Gasteiger partial charge in [-0.25, -0.2) is 0 Å². The molecule has 3 aromatic carbocycles. The Morgan fingerprint density at radius 3 is 2.50 bits per heavy atom.